The number of rotatable bonds is 4. The van der Waals surface area contributed by atoms with Crippen molar-refractivity contribution < 1.29 is 27.6 Å². The van der Waals surface area contributed by atoms with Gasteiger partial charge in [0, 0.05) is 5.69 Å². The summed E-state index contributed by atoms with van der Waals surface area (Å²) in [6.07, 6.45) is 0. The third kappa shape index (κ3) is 3.42. The number of urea groups is 1. The predicted molar refractivity (Wildman–Crippen MR) is 93.7 cm³/mol. The zero-order valence-electron chi connectivity index (χ0n) is 15.0. The van der Waals surface area contributed by atoms with Crippen molar-refractivity contribution in [3.05, 3.63) is 65.0 Å². The summed E-state index contributed by atoms with van der Waals surface area (Å²) >= 11 is 0. The van der Waals surface area contributed by atoms with E-state index in [9.17, 15) is 27.6 Å². The van der Waals surface area contributed by atoms with E-state index in [1.807, 2.05) is 0 Å². The summed E-state index contributed by atoms with van der Waals surface area (Å²) in [4.78, 5) is 37.7. The molecule has 2 aromatic rings. The molecule has 9 heteroatoms. The van der Waals surface area contributed by atoms with E-state index < -0.39 is 47.4 Å². The summed E-state index contributed by atoms with van der Waals surface area (Å²) in [5, 5.41) is 4.79. The Kier molecular flexibility index (Phi) is 4.84. The van der Waals surface area contributed by atoms with Crippen molar-refractivity contribution in [1.29, 1.82) is 0 Å². The minimum absolute atomic E-state index is 0.0354. The molecule has 3 rings (SSSR count). The van der Waals surface area contributed by atoms with Crippen LogP contribution in [0.3, 0.4) is 0 Å². The highest BCUT2D eigenvalue weighted by Gasteiger charge is 2.49. The number of nitrogens with zero attached hydrogens (tertiary/aromatic N) is 1. The second-order valence-electron chi connectivity index (χ2n) is 6.59. The minimum atomic E-state index is -1.65. The number of anilines is 1. The van der Waals surface area contributed by atoms with Crippen molar-refractivity contribution in [3.63, 3.8) is 0 Å². The predicted octanol–water partition coefficient (Wildman–Crippen LogP) is 2.82. The molecule has 146 valence electrons. The maximum Gasteiger partial charge on any atom is 0.325 e. The van der Waals surface area contributed by atoms with Crippen LogP contribution in [0.2, 0.25) is 0 Å². The van der Waals surface area contributed by atoms with E-state index in [4.69, 9.17) is 0 Å². The molecule has 0 aromatic heterocycles. The molecule has 1 atom stereocenters. The minimum Gasteiger partial charge on any atom is -0.324 e. The number of hydrogen-bond donors (Lipinski definition) is 2. The highest BCUT2D eigenvalue weighted by atomic mass is 19.2. The molecule has 1 aliphatic rings. The van der Waals surface area contributed by atoms with Crippen LogP contribution in [-0.2, 0) is 15.1 Å². The number of carbonyl (C=O) groups excluding carboxylic acids is 3. The second kappa shape index (κ2) is 6.99. The lowest BCUT2D eigenvalue weighted by molar-refractivity contribution is -0.133. The first-order chi connectivity index (χ1) is 13.1. The quantitative estimate of drug-likeness (QED) is 0.787. The Bertz CT molecular complexity index is 996. The van der Waals surface area contributed by atoms with Gasteiger partial charge in [0.15, 0.2) is 11.6 Å². The average molecular weight is 391 g/mol. The highest BCUT2D eigenvalue weighted by molar-refractivity contribution is 6.10. The summed E-state index contributed by atoms with van der Waals surface area (Å²) < 4.78 is 40.3. The monoisotopic (exact) mass is 391 g/mol. The van der Waals surface area contributed by atoms with Crippen LogP contribution < -0.4 is 10.6 Å². The van der Waals surface area contributed by atoms with Gasteiger partial charge in [-0.25, -0.2) is 18.0 Å². The van der Waals surface area contributed by atoms with E-state index in [1.54, 1.807) is 6.92 Å². The van der Waals surface area contributed by atoms with Crippen LogP contribution in [0.5, 0.6) is 0 Å². The van der Waals surface area contributed by atoms with Crippen molar-refractivity contribution in [2.75, 3.05) is 11.9 Å². The maximum atomic E-state index is 13.6. The third-order valence-corrected chi connectivity index (χ3v) is 4.53. The van der Waals surface area contributed by atoms with Crippen LogP contribution in [0.25, 0.3) is 0 Å². The molecule has 0 radical (unpaired) electrons. The lowest BCUT2D eigenvalue weighted by atomic mass is 9.92. The Morgan fingerprint density at radius 3 is 2.43 bits per heavy atom. The molecule has 1 fully saturated rings. The Hall–Kier alpha value is -3.36. The van der Waals surface area contributed by atoms with Gasteiger partial charge < -0.3 is 10.6 Å². The molecule has 0 bridgehead atoms. The van der Waals surface area contributed by atoms with Crippen LogP contribution in [0, 0.1) is 24.4 Å². The molecule has 1 unspecified atom stereocenters. The number of carbonyl (C=O) groups is 3. The number of nitrogens with one attached hydrogen (secondary N) is 2. The van der Waals surface area contributed by atoms with Crippen molar-refractivity contribution in [3.8, 4) is 0 Å². The van der Waals surface area contributed by atoms with E-state index >= 15 is 0 Å². The normalized spacial score (nSPS) is 19.0. The average Bonchev–Trinajstić information content (AvgIpc) is 2.84. The first kappa shape index (κ1) is 19.4. The summed E-state index contributed by atoms with van der Waals surface area (Å²) in [7, 11) is 0. The molecule has 6 nitrogen and oxygen atoms in total. The molecule has 28 heavy (non-hydrogen) atoms. The topological polar surface area (TPSA) is 78.5 Å². The summed E-state index contributed by atoms with van der Waals surface area (Å²) in [6.45, 7) is 2.26. The van der Waals surface area contributed by atoms with E-state index in [0.29, 0.717) is 10.5 Å². The summed E-state index contributed by atoms with van der Waals surface area (Å²) in [5.41, 5.74) is -1.05. The Morgan fingerprint density at radius 2 is 1.79 bits per heavy atom. The van der Waals surface area contributed by atoms with Gasteiger partial charge in [0.05, 0.1) is 0 Å². The summed E-state index contributed by atoms with van der Waals surface area (Å²) in [5.74, 6) is -4.29. The number of hydrogen-bond acceptors (Lipinski definition) is 3. The van der Waals surface area contributed by atoms with Crippen molar-refractivity contribution in [2.24, 2.45) is 0 Å². The lowest BCUT2D eigenvalue weighted by Crippen LogP contribution is -2.42. The molecule has 1 saturated heterocycles. The SMILES string of the molecule is Cc1ccc(NC(=O)CN2C(=O)NC(C)(c3ccc(F)c(F)c3)C2=O)cc1F. The largest absolute Gasteiger partial charge is 0.325 e. The van der Waals surface area contributed by atoms with Gasteiger partial charge in [-0.05, 0) is 49.2 Å². The van der Waals surface area contributed by atoms with E-state index in [0.717, 1.165) is 18.2 Å². The molecule has 2 N–H and O–H groups in total. The molecular formula is C19H16F3N3O3. The molecule has 0 aliphatic carbocycles. The van der Waals surface area contributed by atoms with Crippen LogP contribution in [-0.4, -0.2) is 29.3 Å². The lowest BCUT2D eigenvalue weighted by Gasteiger charge is -2.22. The fourth-order valence-corrected chi connectivity index (χ4v) is 2.86. The van der Waals surface area contributed by atoms with E-state index in [2.05, 4.69) is 10.6 Å². The molecule has 0 spiro atoms. The Labute approximate surface area is 158 Å². The first-order valence-electron chi connectivity index (χ1n) is 8.27. The number of benzene rings is 2. The Morgan fingerprint density at radius 1 is 1.07 bits per heavy atom. The van der Waals surface area contributed by atoms with Crippen LogP contribution in [0.1, 0.15) is 18.1 Å². The van der Waals surface area contributed by atoms with E-state index in [-0.39, 0.29) is 11.3 Å². The highest BCUT2D eigenvalue weighted by Crippen LogP contribution is 2.29. The molecular weight excluding hydrogens is 375 g/mol. The molecule has 0 saturated carbocycles. The molecule has 1 aliphatic heterocycles. The van der Waals surface area contributed by atoms with Gasteiger partial charge in [-0.2, -0.15) is 0 Å². The number of amides is 4. The summed E-state index contributed by atoms with van der Waals surface area (Å²) in [6, 6.07) is 6.04. The smallest absolute Gasteiger partial charge is 0.324 e. The standard InChI is InChI=1S/C19H16F3N3O3/c1-10-3-5-12(8-14(10)21)23-16(26)9-25-17(27)19(2,24-18(25)28)11-4-6-13(20)15(22)7-11/h3-8H,9H2,1-2H3,(H,23,26)(H,24,28). The molecule has 4 amide bonds. The van der Waals surface area contributed by atoms with Gasteiger partial charge in [-0.15, -0.1) is 0 Å². The Balaban J connectivity index is 1.76. The van der Waals surface area contributed by atoms with E-state index in [1.165, 1.54) is 25.1 Å². The number of aryl methyl sites for hydroxylation is 1. The van der Waals surface area contributed by atoms with Crippen molar-refractivity contribution in [2.45, 2.75) is 19.4 Å². The second-order valence-corrected chi connectivity index (χ2v) is 6.59. The van der Waals surface area contributed by atoms with Gasteiger partial charge in [0.1, 0.15) is 17.9 Å². The fourth-order valence-electron chi connectivity index (χ4n) is 2.86. The van der Waals surface area contributed by atoms with Crippen LogP contribution in [0.15, 0.2) is 36.4 Å². The molecule has 2 aromatic carbocycles. The van der Waals surface area contributed by atoms with Gasteiger partial charge in [0.25, 0.3) is 5.91 Å². The fraction of sp³-hybridized carbons (Fsp3) is 0.211. The maximum absolute atomic E-state index is 13.6. The zero-order chi connectivity index (χ0) is 20.6. The van der Waals surface area contributed by atoms with Gasteiger partial charge in [0.2, 0.25) is 5.91 Å². The zero-order valence-corrected chi connectivity index (χ0v) is 15.0. The number of halogens is 3. The third-order valence-electron chi connectivity index (χ3n) is 4.53. The first-order valence-corrected chi connectivity index (χ1v) is 8.27. The van der Waals surface area contributed by atoms with Gasteiger partial charge >= 0.3 is 6.03 Å². The van der Waals surface area contributed by atoms with Crippen molar-refractivity contribution in [1.82, 2.24) is 10.2 Å². The van der Waals surface area contributed by atoms with Gasteiger partial charge in [-0.3, -0.25) is 14.5 Å². The van der Waals surface area contributed by atoms with Crippen LogP contribution >= 0.6 is 0 Å². The number of imide groups is 1. The van der Waals surface area contributed by atoms with Gasteiger partial charge in [-0.1, -0.05) is 12.1 Å². The molecule has 1 heterocycles. The van der Waals surface area contributed by atoms with Crippen LogP contribution in [0.4, 0.5) is 23.7 Å². The van der Waals surface area contributed by atoms with Crippen molar-refractivity contribution >= 4 is 23.5 Å².